The lowest BCUT2D eigenvalue weighted by Gasteiger charge is -2.29. The van der Waals surface area contributed by atoms with Gasteiger partial charge in [-0.25, -0.2) is 4.98 Å². The van der Waals surface area contributed by atoms with Gasteiger partial charge in [0.05, 0.1) is 13.2 Å². The van der Waals surface area contributed by atoms with Crippen molar-refractivity contribution in [3.8, 4) is 0 Å². The van der Waals surface area contributed by atoms with Crippen LogP contribution in [0.1, 0.15) is 0 Å². The minimum absolute atomic E-state index is 0.684. The molecule has 5 nitrogen and oxygen atoms in total. The van der Waals surface area contributed by atoms with Crippen LogP contribution >= 0.6 is 8.58 Å². The van der Waals surface area contributed by atoms with Gasteiger partial charge in [0.15, 0.2) is 0 Å². The zero-order valence-corrected chi connectivity index (χ0v) is 10.7. The van der Waals surface area contributed by atoms with Gasteiger partial charge in [0.1, 0.15) is 5.82 Å². The summed E-state index contributed by atoms with van der Waals surface area (Å²) >= 11 is 0. The van der Waals surface area contributed by atoms with Crippen LogP contribution in [-0.4, -0.2) is 50.0 Å². The van der Waals surface area contributed by atoms with E-state index in [-0.39, 0.29) is 0 Å². The van der Waals surface area contributed by atoms with Crippen molar-refractivity contribution in [3.63, 3.8) is 0 Å². The molecule has 1 saturated heterocycles. The molecule has 0 radical (unpaired) electrons. The van der Waals surface area contributed by atoms with E-state index in [1.807, 2.05) is 13.2 Å². The molecule has 0 bridgehead atoms. The van der Waals surface area contributed by atoms with Crippen LogP contribution in [-0.2, 0) is 4.74 Å². The zero-order valence-electron chi connectivity index (χ0n) is 9.66. The normalized spacial score (nSPS) is 17.0. The summed E-state index contributed by atoms with van der Waals surface area (Å²) in [5.74, 6) is 1.74. The molecule has 1 N–H and O–H groups in total. The maximum absolute atomic E-state index is 5.35. The van der Waals surface area contributed by atoms with Gasteiger partial charge in [0, 0.05) is 31.6 Å². The Kier molecular flexibility index (Phi) is 3.91. The third-order valence-corrected chi connectivity index (χ3v) is 3.46. The number of nitrogens with one attached hydrogen (secondary N) is 1. The topological polar surface area (TPSA) is 50.3 Å². The summed E-state index contributed by atoms with van der Waals surface area (Å²) in [6.45, 7) is 5.55. The van der Waals surface area contributed by atoms with E-state index in [1.54, 1.807) is 0 Å². The predicted molar refractivity (Wildman–Crippen MR) is 68.5 cm³/mol. The molecule has 0 aliphatic carbocycles. The van der Waals surface area contributed by atoms with E-state index in [9.17, 15) is 0 Å². The van der Waals surface area contributed by atoms with Gasteiger partial charge in [-0.15, -0.1) is 0 Å². The van der Waals surface area contributed by atoms with Crippen LogP contribution in [0.3, 0.4) is 0 Å². The number of anilines is 2. The molecule has 1 aromatic heterocycles. The van der Waals surface area contributed by atoms with Crippen LogP contribution in [0.5, 0.6) is 0 Å². The Balaban J connectivity index is 2.27. The summed E-state index contributed by atoms with van der Waals surface area (Å²) in [6.07, 6.45) is 1.92. The lowest BCUT2D eigenvalue weighted by atomic mass is 10.4. The Morgan fingerprint density at radius 3 is 2.81 bits per heavy atom. The van der Waals surface area contributed by atoms with E-state index in [0.717, 1.165) is 32.1 Å². The second-order valence-electron chi connectivity index (χ2n) is 3.53. The van der Waals surface area contributed by atoms with Crippen molar-refractivity contribution in [1.82, 2.24) is 9.97 Å². The highest BCUT2D eigenvalue weighted by Gasteiger charge is 2.16. The molecule has 1 aliphatic heterocycles. The van der Waals surface area contributed by atoms with Crippen molar-refractivity contribution in [2.24, 2.45) is 0 Å². The monoisotopic (exact) mass is 240 g/mol. The molecule has 2 heterocycles. The van der Waals surface area contributed by atoms with Crippen molar-refractivity contribution < 1.29 is 4.74 Å². The second-order valence-corrected chi connectivity index (χ2v) is 4.57. The van der Waals surface area contributed by atoms with Crippen LogP contribution in [0.4, 0.5) is 11.8 Å². The number of hydrogen-bond donors (Lipinski definition) is 1. The van der Waals surface area contributed by atoms with Crippen LogP contribution in [0.15, 0.2) is 6.20 Å². The molecule has 1 aliphatic rings. The van der Waals surface area contributed by atoms with Crippen LogP contribution in [0, 0.1) is 0 Å². The molecule has 16 heavy (non-hydrogen) atoms. The van der Waals surface area contributed by atoms with Crippen molar-refractivity contribution in [2.45, 2.75) is 0 Å². The van der Waals surface area contributed by atoms with Gasteiger partial charge in [0.2, 0.25) is 5.95 Å². The Morgan fingerprint density at radius 1 is 1.44 bits per heavy atom. The minimum atomic E-state index is 0.684. The van der Waals surface area contributed by atoms with Crippen LogP contribution in [0.2, 0.25) is 0 Å². The largest absolute Gasteiger partial charge is 0.378 e. The van der Waals surface area contributed by atoms with E-state index in [2.05, 4.69) is 26.8 Å². The Labute approximate surface area is 97.4 Å². The van der Waals surface area contributed by atoms with Gasteiger partial charge in [-0.05, 0) is 6.66 Å². The first-order valence-corrected chi connectivity index (χ1v) is 6.90. The number of ether oxygens (including phenoxy) is 1. The molecule has 88 valence electrons. The van der Waals surface area contributed by atoms with Crippen molar-refractivity contribution in [2.75, 3.05) is 50.2 Å². The summed E-state index contributed by atoms with van der Waals surface area (Å²) < 4.78 is 5.35. The molecule has 1 unspecified atom stereocenters. The average molecular weight is 240 g/mol. The van der Waals surface area contributed by atoms with Gasteiger partial charge >= 0.3 is 0 Å². The fraction of sp³-hybridized carbons (Fsp3) is 0.600. The van der Waals surface area contributed by atoms with Gasteiger partial charge in [-0.2, -0.15) is 4.98 Å². The molecule has 0 saturated carbocycles. The third-order valence-electron chi connectivity index (χ3n) is 2.57. The molecule has 6 heteroatoms. The van der Waals surface area contributed by atoms with Crippen LogP contribution < -0.4 is 15.5 Å². The summed E-state index contributed by atoms with van der Waals surface area (Å²) in [7, 11) is 2.56. The predicted octanol–water partition coefficient (Wildman–Crippen LogP) is 0.288. The summed E-state index contributed by atoms with van der Waals surface area (Å²) in [4.78, 5) is 11.1. The fourth-order valence-corrected chi connectivity index (χ4v) is 2.32. The summed E-state index contributed by atoms with van der Waals surface area (Å²) in [6, 6.07) is 0. The van der Waals surface area contributed by atoms with Gasteiger partial charge in [-0.1, -0.05) is 8.58 Å². The van der Waals surface area contributed by atoms with Crippen molar-refractivity contribution in [1.29, 1.82) is 0 Å². The Morgan fingerprint density at radius 2 is 2.19 bits per heavy atom. The second kappa shape index (κ2) is 5.41. The first-order valence-electron chi connectivity index (χ1n) is 5.40. The van der Waals surface area contributed by atoms with E-state index in [4.69, 9.17) is 4.74 Å². The molecular formula is C10H17N4OP. The number of rotatable bonds is 3. The maximum Gasteiger partial charge on any atom is 0.224 e. The number of morpholine rings is 1. The number of hydrogen-bond acceptors (Lipinski definition) is 5. The Bertz CT molecular complexity index is 355. The van der Waals surface area contributed by atoms with Crippen molar-refractivity contribution >= 4 is 25.7 Å². The number of aromatic nitrogens is 2. The summed E-state index contributed by atoms with van der Waals surface area (Å²) in [5.41, 5.74) is 0. The maximum atomic E-state index is 5.35. The molecule has 1 atom stereocenters. The highest BCUT2D eigenvalue weighted by Crippen LogP contribution is 2.18. The average Bonchev–Trinajstić information content (AvgIpc) is 2.39. The van der Waals surface area contributed by atoms with E-state index >= 15 is 0 Å². The molecule has 0 aromatic carbocycles. The van der Waals surface area contributed by atoms with E-state index in [1.165, 1.54) is 5.30 Å². The smallest absolute Gasteiger partial charge is 0.224 e. The summed E-state index contributed by atoms with van der Waals surface area (Å²) in [5, 5.41) is 4.20. The highest BCUT2D eigenvalue weighted by molar-refractivity contribution is 7.46. The SMILES string of the molecule is CNc1ncc(PC)c(N2CCOCC2)n1. The zero-order chi connectivity index (χ0) is 11.4. The minimum Gasteiger partial charge on any atom is -0.378 e. The first-order chi connectivity index (χ1) is 7.85. The first kappa shape index (κ1) is 11.6. The fourth-order valence-electron chi connectivity index (χ4n) is 1.69. The Hall–Kier alpha value is -0.930. The molecule has 2 rings (SSSR count). The lowest BCUT2D eigenvalue weighted by molar-refractivity contribution is 0.122. The van der Waals surface area contributed by atoms with E-state index in [0.29, 0.717) is 14.5 Å². The van der Waals surface area contributed by atoms with Crippen molar-refractivity contribution in [3.05, 3.63) is 6.20 Å². The molecule has 0 amide bonds. The standard InChI is InChI=1S/C10H17N4OP/c1-11-10-12-7-8(16-2)9(13-10)14-3-5-15-6-4-14/h7,16H,3-6H2,1-2H3,(H,11,12,13). The van der Waals surface area contributed by atoms with Gasteiger partial charge < -0.3 is 15.0 Å². The van der Waals surface area contributed by atoms with Crippen LogP contribution in [0.25, 0.3) is 0 Å². The third kappa shape index (κ3) is 2.42. The highest BCUT2D eigenvalue weighted by atomic mass is 31.1. The molecule has 1 aromatic rings. The molecule has 0 spiro atoms. The van der Waals surface area contributed by atoms with Gasteiger partial charge in [-0.3, -0.25) is 0 Å². The number of nitrogens with zero attached hydrogens (tertiary/aromatic N) is 3. The molecule has 1 fully saturated rings. The lowest BCUT2D eigenvalue weighted by Crippen LogP contribution is -2.39. The van der Waals surface area contributed by atoms with Gasteiger partial charge in [0.25, 0.3) is 0 Å². The quantitative estimate of drug-likeness (QED) is 0.769. The molecular weight excluding hydrogens is 223 g/mol. The van der Waals surface area contributed by atoms with E-state index < -0.39 is 0 Å².